The number of ether oxygens (including phenoxy) is 1. The van der Waals surface area contributed by atoms with Crippen molar-refractivity contribution in [2.24, 2.45) is 0 Å². The number of nitrogens with one attached hydrogen (secondary N) is 1. The SMILES string of the molecule is Cc1cc(CC(=O)Nc2cnn(C(C)(C)C)c2)cc(F)c1Oc1ccnc2ccc(S(=O)Cc3ccccn3)cc12. The first-order chi connectivity index (χ1) is 19.6. The second-order valence-corrected chi connectivity index (χ2v) is 12.1. The summed E-state index contributed by atoms with van der Waals surface area (Å²) in [5.74, 6) is -0.168. The van der Waals surface area contributed by atoms with E-state index in [0.717, 1.165) is 5.69 Å². The first kappa shape index (κ1) is 28.1. The number of carbonyl (C=O) groups is 1. The van der Waals surface area contributed by atoms with E-state index in [4.69, 9.17) is 4.74 Å². The van der Waals surface area contributed by atoms with E-state index < -0.39 is 16.6 Å². The Hall–Kier alpha value is -4.44. The van der Waals surface area contributed by atoms with Crippen LogP contribution in [-0.2, 0) is 33.3 Å². The summed E-state index contributed by atoms with van der Waals surface area (Å²) in [6, 6.07) is 15.5. The van der Waals surface area contributed by atoms with Gasteiger partial charge in [-0.25, -0.2) is 4.39 Å². The Morgan fingerprint density at radius 2 is 1.90 bits per heavy atom. The van der Waals surface area contributed by atoms with Gasteiger partial charge < -0.3 is 10.1 Å². The maximum absolute atomic E-state index is 15.3. The number of aryl methyl sites for hydroxylation is 1. The van der Waals surface area contributed by atoms with Crippen molar-refractivity contribution in [1.29, 1.82) is 0 Å². The minimum Gasteiger partial charge on any atom is -0.453 e. The standard InChI is InChI=1S/C31H30FN5O3S/c1-20-13-21(15-29(38)36-23-17-35-37(18-23)31(2,3)4)14-26(32)30(20)40-28-10-12-34-27-9-8-24(16-25(27)28)41(39)19-22-7-5-6-11-33-22/h5-14,16-18H,15,19H2,1-4H3,(H,36,38). The van der Waals surface area contributed by atoms with E-state index >= 15 is 4.39 Å². The molecule has 0 bridgehead atoms. The summed E-state index contributed by atoms with van der Waals surface area (Å²) in [7, 11) is -1.34. The Balaban J connectivity index is 1.33. The van der Waals surface area contributed by atoms with Gasteiger partial charge in [0.05, 0.1) is 51.6 Å². The van der Waals surface area contributed by atoms with Gasteiger partial charge in [0.2, 0.25) is 5.91 Å². The number of halogens is 1. The molecule has 0 saturated heterocycles. The van der Waals surface area contributed by atoms with Crippen LogP contribution in [0.5, 0.6) is 11.5 Å². The van der Waals surface area contributed by atoms with Crippen LogP contribution < -0.4 is 10.1 Å². The first-order valence-corrected chi connectivity index (χ1v) is 14.4. The van der Waals surface area contributed by atoms with Crippen LogP contribution >= 0.6 is 0 Å². The van der Waals surface area contributed by atoms with Crippen molar-refractivity contribution in [1.82, 2.24) is 19.7 Å². The summed E-state index contributed by atoms with van der Waals surface area (Å²) in [5, 5.41) is 7.71. The molecule has 0 fully saturated rings. The second-order valence-electron chi connectivity index (χ2n) is 10.7. The molecule has 0 saturated carbocycles. The number of aromatic nitrogens is 4. The van der Waals surface area contributed by atoms with E-state index in [0.29, 0.717) is 38.4 Å². The molecule has 1 N–H and O–H groups in total. The lowest BCUT2D eigenvalue weighted by atomic mass is 10.1. The zero-order chi connectivity index (χ0) is 29.1. The van der Waals surface area contributed by atoms with E-state index in [9.17, 15) is 9.00 Å². The van der Waals surface area contributed by atoms with Crippen LogP contribution in [0.2, 0.25) is 0 Å². The van der Waals surface area contributed by atoms with E-state index in [1.807, 2.05) is 39.0 Å². The molecule has 3 aromatic heterocycles. The highest BCUT2D eigenvalue weighted by Gasteiger charge is 2.18. The van der Waals surface area contributed by atoms with Crippen LogP contribution in [0.25, 0.3) is 10.9 Å². The summed E-state index contributed by atoms with van der Waals surface area (Å²) in [6.07, 6.45) is 6.59. The number of fused-ring (bicyclic) bond motifs is 1. The second kappa shape index (κ2) is 11.6. The largest absolute Gasteiger partial charge is 0.453 e. The van der Waals surface area contributed by atoms with Gasteiger partial charge in [-0.15, -0.1) is 0 Å². The number of nitrogens with zero attached hydrogens (tertiary/aromatic N) is 4. The van der Waals surface area contributed by atoms with Crippen LogP contribution in [0, 0.1) is 12.7 Å². The van der Waals surface area contributed by atoms with E-state index in [2.05, 4.69) is 20.4 Å². The zero-order valence-electron chi connectivity index (χ0n) is 23.2. The van der Waals surface area contributed by atoms with E-state index in [1.165, 1.54) is 6.07 Å². The number of rotatable bonds is 8. The van der Waals surface area contributed by atoms with Gasteiger partial charge in [0, 0.05) is 28.9 Å². The highest BCUT2D eigenvalue weighted by molar-refractivity contribution is 7.84. The lowest BCUT2D eigenvalue weighted by molar-refractivity contribution is -0.115. The summed E-state index contributed by atoms with van der Waals surface area (Å²) in [6.45, 7) is 7.77. The number of anilines is 1. The lowest BCUT2D eigenvalue weighted by Crippen LogP contribution is -2.22. The molecule has 1 amide bonds. The van der Waals surface area contributed by atoms with Crippen LogP contribution in [0.15, 0.2) is 84.3 Å². The molecule has 0 aliphatic carbocycles. The van der Waals surface area contributed by atoms with Crippen molar-refractivity contribution in [2.45, 2.75) is 50.3 Å². The van der Waals surface area contributed by atoms with Crippen molar-refractivity contribution >= 4 is 33.3 Å². The van der Waals surface area contributed by atoms with Crippen molar-refractivity contribution < 1.29 is 18.1 Å². The number of benzene rings is 2. The molecule has 0 aliphatic rings. The molecule has 0 radical (unpaired) electrons. The molecule has 10 heteroatoms. The van der Waals surface area contributed by atoms with Crippen LogP contribution in [-0.4, -0.2) is 29.9 Å². The topological polar surface area (TPSA) is 99.0 Å². The molecule has 8 nitrogen and oxygen atoms in total. The molecule has 210 valence electrons. The predicted octanol–water partition coefficient (Wildman–Crippen LogP) is 6.31. The summed E-state index contributed by atoms with van der Waals surface area (Å²) < 4.78 is 36.2. The Labute approximate surface area is 240 Å². The maximum atomic E-state index is 15.3. The summed E-state index contributed by atoms with van der Waals surface area (Å²) in [5.41, 5.74) is 2.76. The van der Waals surface area contributed by atoms with Crippen molar-refractivity contribution in [2.75, 3.05) is 5.32 Å². The van der Waals surface area contributed by atoms with Crippen LogP contribution in [0.4, 0.5) is 10.1 Å². The highest BCUT2D eigenvalue weighted by atomic mass is 32.2. The highest BCUT2D eigenvalue weighted by Crippen LogP contribution is 2.34. The molecule has 5 rings (SSSR count). The molecule has 3 heterocycles. The van der Waals surface area contributed by atoms with Gasteiger partial charge >= 0.3 is 0 Å². The van der Waals surface area contributed by atoms with Gasteiger partial charge in [0.15, 0.2) is 11.6 Å². The molecule has 1 unspecified atom stereocenters. The summed E-state index contributed by atoms with van der Waals surface area (Å²) in [4.78, 5) is 21.9. The first-order valence-electron chi connectivity index (χ1n) is 13.1. The molecule has 0 aliphatic heterocycles. The van der Waals surface area contributed by atoms with Crippen molar-refractivity contribution in [3.63, 3.8) is 0 Å². The smallest absolute Gasteiger partial charge is 0.228 e. The van der Waals surface area contributed by atoms with Crippen molar-refractivity contribution in [3.05, 3.63) is 102 Å². The zero-order valence-corrected chi connectivity index (χ0v) is 24.0. The molecule has 2 aromatic carbocycles. The predicted molar refractivity (Wildman–Crippen MR) is 157 cm³/mol. The molecular weight excluding hydrogens is 541 g/mol. The van der Waals surface area contributed by atoms with Gasteiger partial charge in [0.1, 0.15) is 5.75 Å². The van der Waals surface area contributed by atoms with Gasteiger partial charge in [-0.2, -0.15) is 5.10 Å². The number of hydrogen-bond donors (Lipinski definition) is 1. The van der Waals surface area contributed by atoms with Gasteiger partial charge in [-0.1, -0.05) is 12.1 Å². The monoisotopic (exact) mass is 571 g/mol. The van der Waals surface area contributed by atoms with Crippen LogP contribution in [0.3, 0.4) is 0 Å². The Kier molecular flexibility index (Phi) is 7.94. The Morgan fingerprint density at radius 3 is 2.61 bits per heavy atom. The van der Waals surface area contributed by atoms with Gasteiger partial charge in [0.25, 0.3) is 0 Å². The fourth-order valence-electron chi connectivity index (χ4n) is 4.32. The average molecular weight is 572 g/mol. The lowest BCUT2D eigenvalue weighted by Gasteiger charge is -2.18. The minimum atomic E-state index is -1.34. The molecular formula is C31H30FN5O3S. The molecule has 0 spiro atoms. The normalized spacial score (nSPS) is 12.3. The maximum Gasteiger partial charge on any atom is 0.228 e. The fraction of sp³-hybridized carbons (Fsp3) is 0.226. The quantitative estimate of drug-likeness (QED) is 0.234. The molecule has 41 heavy (non-hydrogen) atoms. The third-order valence-corrected chi connectivity index (χ3v) is 7.70. The molecule has 5 aromatic rings. The van der Waals surface area contributed by atoms with Crippen LogP contribution in [0.1, 0.15) is 37.6 Å². The van der Waals surface area contributed by atoms with Crippen molar-refractivity contribution in [3.8, 4) is 11.5 Å². The fourth-order valence-corrected chi connectivity index (χ4v) is 5.40. The number of carbonyl (C=O) groups excluding carboxylic acids is 1. The average Bonchev–Trinajstić information content (AvgIpc) is 3.40. The third-order valence-electron chi connectivity index (χ3n) is 6.36. The Morgan fingerprint density at radius 1 is 1.07 bits per heavy atom. The minimum absolute atomic E-state index is 0.0115. The molecule has 1 atom stereocenters. The van der Waals surface area contributed by atoms with Gasteiger partial charge in [-0.05, 0) is 81.3 Å². The number of pyridine rings is 2. The Bertz CT molecular complexity index is 1730. The third kappa shape index (κ3) is 6.66. The number of amides is 1. The van der Waals surface area contributed by atoms with E-state index in [-0.39, 0.29) is 29.4 Å². The number of hydrogen-bond acceptors (Lipinski definition) is 6. The van der Waals surface area contributed by atoms with E-state index in [1.54, 1.807) is 66.7 Å². The van der Waals surface area contributed by atoms with Gasteiger partial charge in [-0.3, -0.25) is 23.7 Å². The summed E-state index contributed by atoms with van der Waals surface area (Å²) >= 11 is 0.